The van der Waals surface area contributed by atoms with Crippen LogP contribution in [0.25, 0.3) is 16.9 Å². The molecule has 0 bridgehead atoms. The van der Waals surface area contributed by atoms with Crippen molar-refractivity contribution in [1.82, 2.24) is 19.6 Å². The first kappa shape index (κ1) is 22.2. The van der Waals surface area contributed by atoms with E-state index in [1.807, 2.05) is 86.6 Å². The van der Waals surface area contributed by atoms with Gasteiger partial charge in [-0.2, -0.15) is 10.2 Å². The molecule has 0 spiro atoms. The Morgan fingerprint density at radius 2 is 1.69 bits per heavy atom. The first-order chi connectivity index (χ1) is 17.1. The topological polar surface area (TPSA) is 74.0 Å². The number of hydrogen-bond acceptors (Lipinski definition) is 4. The zero-order chi connectivity index (χ0) is 24.2. The number of nitrogens with zero attached hydrogens (tertiary/aromatic N) is 4. The second-order valence-electron chi connectivity index (χ2n) is 8.30. The first-order valence-electron chi connectivity index (χ1n) is 11.3. The Labute approximate surface area is 203 Å². The number of nitrogens with one attached hydrogen (secondary N) is 1. The van der Waals surface area contributed by atoms with Crippen molar-refractivity contribution in [3.8, 4) is 22.7 Å². The molecule has 0 aliphatic rings. The number of ether oxygens (including phenoxy) is 1. The van der Waals surface area contributed by atoms with E-state index < -0.39 is 0 Å². The molecule has 2 heterocycles. The zero-order valence-corrected chi connectivity index (χ0v) is 19.6. The van der Waals surface area contributed by atoms with Gasteiger partial charge in [0.1, 0.15) is 11.4 Å². The molecule has 0 saturated heterocycles. The van der Waals surface area contributed by atoms with Crippen LogP contribution in [0.3, 0.4) is 0 Å². The smallest absolute Gasteiger partial charge is 0.259 e. The minimum Gasteiger partial charge on any atom is -0.471 e. The van der Waals surface area contributed by atoms with Crippen molar-refractivity contribution in [3.05, 3.63) is 114 Å². The summed E-state index contributed by atoms with van der Waals surface area (Å²) in [6.07, 6.45) is 5.10. The Bertz CT molecular complexity index is 1460. The van der Waals surface area contributed by atoms with Gasteiger partial charge < -0.3 is 10.1 Å². The number of rotatable bonds is 7. The predicted octanol–water partition coefficient (Wildman–Crippen LogP) is 5.64. The minimum absolute atomic E-state index is 0.237. The molecule has 0 fully saturated rings. The third kappa shape index (κ3) is 4.99. The van der Waals surface area contributed by atoms with Crippen LogP contribution in [0.15, 0.2) is 97.5 Å². The lowest BCUT2D eigenvalue weighted by Gasteiger charge is -2.09. The minimum atomic E-state index is -0.263. The summed E-state index contributed by atoms with van der Waals surface area (Å²) >= 11 is 0. The van der Waals surface area contributed by atoms with Crippen molar-refractivity contribution in [3.63, 3.8) is 0 Å². The highest BCUT2D eigenvalue weighted by Crippen LogP contribution is 2.25. The van der Waals surface area contributed by atoms with Crippen molar-refractivity contribution in [2.45, 2.75) is 20.6 Å². The van der Waals surface area contributed by atoms with E-state index in [1.165, 1.54) is 5.56 Å². The monoisotopic (exact) mass is 463 g/mol. The van der Waals surface area contributed by atoms with Crippen molar-refractivity contribution in [2.75, 3.05) is 5.32 Å². The van der Waals surface area contributed by atoms with Gasteiger partial charge in [0.25, 0.3) is 5.91 Å². The summed E-state index contributed by atoms with van der Waals surface area (Å²) in [6.45, 7) is 4.30. The number of carbonyl (C=O) groups excluding carboxylic acids is 1. The molecule has 7 nitrogen and oxygen atoms in total. The molecule has 7 heteroatoms. The van der Waals surface area contributed by atoms with E-state index in [-0.39, 0.29) is 12.6 Å². The molecule has 0 radical (unpaired) electrons. The van der Waals surface area contributed by atoms with Gasteiger partial charge in [-0.1, -0.05) is 66.2 Å². The van der Waals surface area contributed by atoms with Gasteiger partial charge >= 0.3 is 0 Å². The van der Waals surface area contributed by atoms with E-state index in [4.69, 9.17) is 9.84 Å². The van der Waals surface area contributed by atoms with Crippen molar-refractivity contribution in [1.29, 1.82) is 0 Å². The molecule has 0 aliphatic heterocycles. The largest absolute Gasteiger partial charge is 0.471 e. The number of aromatic nitrogens is 4. The van der Waals surface area contributed by atoms with Gasteiger partial charge in [-0.3, -0.25) is 4.79 Å². The van der Waals surface area contributed by atoms with Gasteiger partial charge in [-0.15, -0.1) is 0 Å². The lowest BCUT2D eigenvalue weighted by Crippen LogP contribution is -2.12. The molecule has 3 aromatic carbocycles. The van der Waals surface area contributed by atoms with Gasteiger partial charge in [-0.25, -0.2) is 9.36 Å². The standard InChI is InChI=1S/C28H25N5O2/c1-20-13-14-26(21(2)15-20)35-19-32-17-23(16-29-32)30-28(34)25-18-33(24-11-7-4-8-12-24)31-27(25)22-9-5-3-6-10-22/h3-18H,19H2,1-2H3,(H,30,34). The van der Waals surface area contributed by atoms with Gasteiger partial charge in [-0.05, 0) is 37.6 Å². The first-order valence-corrected chi connectivity index (χ1v) is 11.3. The molecule has 0 saturated carbocycles. The molecule has 2 aromatic heterocycles. The summed E-state index contributed by atoms with van der Waals surface area (Å²) < 4.78 is 9.24. The Kier molecular flexibility index (Phi) is 6.13. The van der Waals surface area contributed by atoms with Crippen LogP contribution < -0.4 is 10.1 Å². The Morgan fingerprint density at radius 3 is 2.43 bits per heavy atom. The van der Waals surface area contributed by atoms with Crippen LogP contribution in [0.2, 0.25) is 0 Å². The summed E-state index contributed by atoms with van der Waals surface area (Å²) in [6, 6.07) is 25.4. The fourth-order valence-corrected chi connectivity index (χ4v) is 3.86. The normalized spacial score (nSPS) is 10.8. The van der Waals surface area contributed by atoms with E-state index in [1.54, 1.807) is 28.0 Å². The maximum atomic E-state index is 13.3. The second kappa shape index (κ2) is 9.69. The molecule has 0 unspecified atom stereocenters. The van der Waals surface area contributed by atoms with Crippen LogP contribution in [0, 0.1) is 13.8 Å². The average molecular weight is 464 g/mol. The number of para-hydroxylation sites is 1. The Balaban J connectivity index is 1.35. The molecule has 1 N–H and O–H groups in total. The zero-order valence-electron chi connectivity index (χ0n) is 19.6. The van der Waals surface area contributed by atoms with Gasteiger partial charge in [0.15, 0.2) is 6.73 Å². The number of hydrogen-bond donors (Lipinski definition) is 1. The molecule has 1 amide bonds. The lowest BCUT2D eigenvalue weighted by atomic mass is 10.1. The molecule has 0 aliphatic carbocycles. The predicted molar refractivity (Wildman–Crippen MR) is 136 cm³/mol. The van der Waals surface area contributed by atoms with Gasteiger partial charge in [0.2, 0.25) is 0 Å². The van der Waals surface area contributed by atoms with E-state index >= 15 is 0 Å². The highest BCUT2D eigenvalue weighted by molar-refractivity contribution is 6.08. The number of benzene rings is 3. The Morgan fingerprint density at radius 1 is 0.943 bits per heavy atom. The van der Waals surface area contributed by atoms with Crippen molar-refractivity contribution >= 4 is 11.6 Å². The number of anilines is 1. The maximum Gasteiger partial charge on any atom is 0.259 e. The molecular formula is C28H25N5O2. The van der Waals surface area contributed by atoms with Crippen LogP contribution in [-0.4, -0.2) is 25.5 Å². The summed E-state index contributed by atoms with van der Waals surface area (Å²) in [5.74, 6) is 0.540. The van der Waals surface area contributed by atoms with Gasteiger partial charge in [0.05, 0.1) is 29.3 Å². The molecule has 5 aromatic rings. The molecule has 5 rings (SSSR count). The van der Waals surface area contributed by atoms with E-state index in [2.05, 4.69) is 16.5 Å². The fraction of sp³-hybridized carbons (Fsp3) is 0.107. The van der Waals surface area contributed by atoms with Gasteiger partial charge in [0, 0.05) is 11.8 Å². The third-order valence-electron chi connectivity index (χ3n) is 5.60. The molecule has 174 valence electrons. The number of carbonyl (C=O) groups is 1. The highest BCUT2D eigenvalue weighted by atomic mass is 16.5. The lowest BCUT2D eigenvalue weighted by molar-refractivity contribution is 0.102. The van der Waals surface area contributed by atoms with Crippen LogP contribution in [0.4, 0.5) is 5.69 Å². The third-order valence-corrected chi connectivity index (χ3v) is 5.60. The van der Waals surface area contributed by atoms with E-state index in [0.717, 1.165) is 22.6 Å². The molecular weight excluding hydrogens is 438 g/mol. The summed E-state index contributed by atoms with van der Waals surface area (Å²) in [5, 5.41) is 12.0. The maximum absolute atomic E-state index is 13.3. The van der Waals surface area contributed by atoms with Crippen LogP contribution >= 0.6 is 0 Å². The van der Waals surface area contributed by atoms with E-state index in [0.29, 0.717) is 16.9 Å². The highest BCUT2D eigenvalue weighted by Gasteiger charge is 2.19. The number of amides is 1. The quantitative estimate of drug-likeness (QED) is 0.339. The van der Waals surface area contributed by atoms with Crippen LogP contribution in [0.1, 0.15) is 21.5 Å². The van der Waals surface area contributed by atoms with Crippen molar-refractivity contribution in [2.24, 2.45) is 0 Å². The molecule has 0 atom stereocenters. The SMILES string of the molecule is Cc1ccc(OCn2cc(NC(=O)c3cn(-c4ccccc4)nc3-c3ccccc3)cn2)c(C)c1. The summed E-state index contributed by atoms with van der Waals surface area (Å²) in [4.78, 5) is 13.3. The fourth-order valence-electron chi connectivity index (χ4n) is 3.86. The second-order valence-corrected chi connectivity index (χ2v) is 8.30. The van der Waals surface area contributed by atoms with E-state index in [9.17, 15) is 4.79 Å². The number of aryl methyl sites for hydroxylation is 2. The summed E-state index contributed by atoms with van der Waals surface area (Å²) in [5.41, 5.74) is 5.64. The summed E-state index contributed by atoms with van der Waals surface area (Å²) in [7, 11) is 0. The van der Waals surface area contributed by atoms with Crippen molar-refractivity contribution < 1.29 is 9.53 Å². The van der Waals surface area contributed by atoms with Crippen LogP contribution in [-0.2, 0) is 6.73 Å². The average Bonchev–Trinajstić information content (AvgIpc) is 3.52. The molecule has 35 heavy (non-hydrogen) atoms. The Hall–Kier alpha value is -4.65. The van der Waals surface area contributed by atoms with Crippen LogP contribution in [0.5, 0.6) is 5.75 Å².